The Hall–Kier alpha value is -5.15. The second-order valence-electron chi connectivity index (χ2n) is 9.67. The summed E-state index contributed by atoms with van der Waals surface area (Å²) in [4.78, 5) is 4.58. The third kappa shape index (κ3) is 3.55. The van der Waals surface area contributed by atoms with Crippen LogP contribution in [0.2, 0.25) is 0 Å². The summed E-state index contributed by atoms with van der Waals surface area (Å²) >= 11 is 0. The van der Waals surface area contributed by atoms with Crippen LogP contribution in [0, 0.1) is 0 Å². The number of para-hydroxylation sites is 4. The number of aliphatic imine (C=N–C) groups is 1. The molecule has 0 aliphatic heterocycles. The molecule has 7 aromatic rings. The number of nitrogens with zero attached hydrogens (tertiary/aromatic N) is 3. The molecule has 2 heterocycles. The Morgan fingerprint density at radius 2 is 1.13 bits per heavy atom. The van der Waals surface area contributed by atoms with Gasteiger partial charge in [-0.3, -0.25) is 4.99 Å². The molecule has 5 aromatic carbocycles. The number of fused-ring (bicyclic) bond motifs is 4. The number of rotatable bonds is 5. The molecule has 0 unspecified atom stereocenters. The van der Waals surface area contributed by atoms with Crippen molar-refractivity contribution in [1.82, 2.24) is 9.13 Å². The van der Waals surface area contributed by atoms with Crippen LogP contribution in [0.4, 0.5) is 5.69 Å². The van der Waals surface area contributed by atoms with Crippen LogP contribution in [0.15, 0.2) is 138 Å². The molecule has 0 aliphatic rings. The summed E-state index contributed by atoms with van der Waals surface area (Å²) in [5.41, 5.74) is 9.92. The minimum absolute atomic E-state index is 0.895. The van der Waals surface area contributed by atoms with Gasteiger partial charge in [0.2, 0.25) is 0 Å². The summed E-state index contributed by atoms with van der Waals surface area (Å²) in [6.07, 6.45) is 2.19. The van der Waals surface area contributed by atoms with E-state index in [0.29, 0.717) is 0 Å². The van der Waals surface area contributed by atoms with E-state index in [1.54, 1.807) is 0 Å². The van der Waals surface area contributed by atoms with Gasteiger partial charge in [0.25, 0.3) is 0 Å². The Kier molecular flexibility index (Phi) is 5.49. The number of hydrogen-bond donors (Lipinski definition) is 0. The summed E-state index contributed by atoms with van der Waals surface area (Å²) in [7, 11) is 0. The molecule has 0 spiro atoms. The highest BCUT2D eigenvalue weighted by Gasteiger charge is 2.22. The van der Waals surface area contributed by atoms with Gasteiger partial charge in [0.1, 0.15) is 0 Å². The van der Waals surface area contributed by atoms with Crippen molar-refractivity contribution in [2.24, 2.45) is 4.99 Å². The van der Waals surface area contributed by atoms with Crippen molar-refractivity contribution >= 4 is 50.7 Å². The van der Waals surface area contributed by atoms with Gasteiger partial charge in [0, 0.05) is 33.1 Å². The molecule has 0 N–H and O–H groups in total. The molecule has 0 bridgehead atoms. The van der Waals surface area contributed by atoms with Crippen LogP contribution in [0.1, 0.15) is 18.2 Å². The lowest BCUT2D eigenvalue weighted by atomic mass is 9.99. The highest BCUT2D eigenvalue weighted by molar-refractivity contribution is 6.10. The number of aromatic nitrogens is 2. The molecule has 2 aromatic heterocycles. The van der Waals surface area contributed by atoms with Crippen molar-refractivity contribution in [1.29, 1.82) is 0 Å². The minimum atomic E-state index is 0.895. The fourth-order valence-corrected chi connectivity index (χ4v) is 5.91. The summed E-state index contributed by atoms with van der Waals surface area (Å²) in [6.45, 7) is 6.10. The molecule has 39 heavy (non-hydrogen) atoms. The Labute approximate surface area is 227 Å². The van der Waals surface area contributed by atoms with E-state index in [-0.39, 0.29) is 0 Å². The normalized spacial score (nSPS) is 12.0. The minimum Gasteiger partial charge on any atom is -0.309 e. The van der Waals surface area contributed by atoms with Gasteiger partial charge in [-0.25, -0.2) is 0 Å². The molecule has 7 rings (SSSR count). The van der Waals surface area contributed by atoms with Gasteiger partial charge in [0.05, 0.1) is 27.9 Å². The van der Waals surface area contributed by atoms with E-state index in [4.69, 9.17) is 0 Å². The Morgan fingerprint density at radius 3 is 1.77 bits per heavy atom. The van der Waals surface area contributed by atoms with E-state index in [0.717, 1.165) is 44.8 Å². The molecule has 3 heteroatoms. The maximum atomic E-state index is 4.58. The van der Waals surface area contributed by atoms with Crippen LogP contribution in [-0.4, -0.2) is 15.9 Å². The molecule has 0 radical (unpaired) electrons. The molecule has 0 atom stereocenters. The van der Waals surface area contributed by atoms with Crippen molar-refractivity contribution in [2.45, 2.75) is 6.92 Å². The van der Waals surface area contributed by atoms with Crippen LogP contribution in [0.3, 0.4) is 0 Å². The van der Waals surface area contributed by atoms with Crippen LogP contribution >= 0.6 is 0 Å². The highest BCUT2D eigenvalue weighted by atomic mass is 15.0. The number of hydrogen-bond acceptors (Lipinski definition) is 1. The average Bonchev–Trinajstić information content (AvgIpc) is 3.51. The van der Waals surface area contributed by atoms with Crippen molar-refractivity contribution in [3.8, 4) is 11.4 Å². The first kappa shape index (κ1) is 23.0. The largest absolute Gasteiger partial charge is 0.309 e. The zero-order chi connectivity index (χ0) is 26.3. The fraction of sp³-hybridized carbons (Fsp3) is 0.0278. The number of benzene rings is 5. The molecule has 0 amide bonds. The van der Waals surface area contributed by atoms with Crippen LogP contribution in [0.5, 0.6) is 0 Å². The monoisotopic (exact) mass is 501 g/mol. The first-order valence-corrected chi connectivity index (χ1v) is 13.2. The molecule has 0 saturated heterocycles. The summed E-state index contributed by atoms with van der Waals surface area (Å²) < 4.78 is 4.67. The fourth-order valence-electron chi connectivity index (χ4n) is 5.91. The third-order valence-corrected chi connectivity index (χ3v) is 7.56. The zero-order valence-electron chi connectivity index (χ0n) is 21.8. The van der Waals surface area contributed by atoms with Gasteiger partial charge in [0.15, 0.2) is 0 Å². The van der Waals surface area contributed by atoms with Crippen molar-refractivity contribution in [3.05, 3.63) is 145 Å². The van der Waals surface area contributed by atoms with E-state index in [1.807, 2.05) is 0 Å². The van der Waals surface area contributed by atoms with Crippen LogP contribution < -0.4 is 0 Å². The van der Waals surface area contributed by atoms with Gasteiger partial charge in [-0.15, -0.1) is 0 Å². The molecule has 3 nitrogen and oxygen atoms in total. The van der Waals surface area contributed by atoms with E-state index in [2.05, 4.69) is 161 Å². The van der Waals surface area contributed by atoms with Gasteiger partial charge >= 0.3 is 0 Å². The van der Waals surface area contributed by atoms with Crippen LogP contribution in [0.25, 0.3) is 49.7 Å². The lowest BCUT2D eigenvalue weighted by Crippen LogP contribution is -2.01. The standard InChI is InChI=1S/C36H27N3/c1-3-28(36-35(37-2)31-19-11-13-21-33(31)39(36)27-16-8-5-9-17-27)25-22-23-30-29-18-10-12-20-32(29)38(34(30)24-25)26-14-6-4-7-15-26/h3-24H,2H2,1H3/b28-3-. The smallest absolute Gasteiger partial charge is 0.0962 e. The third-order valence-electron chi connectivity index (χ3n) is 7.56. The molecule has 0 saturated carbocycles. The Bertz CT molecular complexity index is 2020. The topological polar surface area (TPSA) is 22.2 Å². The second kappa shape index (κ2) is 9.30. The maximum absolute atomic E-state index is 4.58. The molecule has 0 fully saturated rings. The lowest BCUT2D eigenvalue weighted by Gasteiger charge is -2.16. The Morgan fingerprint density at radius 1 is 0.590 bits per heavy atom. The van der Waals surface area contributed by atoms with Gasteiger partial charge in [-0.05, 0) is 61.7 Å². The highest BCUT2D eigenvalue weighted by Crippen LogP contribution is 2.43. The Balaban J connectivity index is 1.54. The van der Waals surface area contributed by atoms with Crippen molar-refractivity contribution < 1.29 is 0 Å². The van der Waals surface area contributed by atoms with E-state index < -0.39 is 0 Å². The van der Waals surface area contributed by atoms with Gasteiger partial charge < -0.3 is 9.13 Å². The summed E-state index contributed by atoms with van der Waals surface area (Å²) in [5.74, 6) is 0. The maximum Gasteiger partial charge on any atom is 0.0962 e. The summed E-state index contributed by atoms with van der Waals surface area (Å²) in [5, 5.41) is 3.57. The molecular formula is C36H27N3. The van der Waals surface area contributed by atoms with Crippen molar-refractivity contribution in [3.63, 3.8) is 0 Å². The quantitative estimate of drug-likeness (QED) is 0.210. The van der Waals surface area contributed by atoms with Gasteiger partial charge in [-0.2, -0.15) is 0 Å². The lowest BCUT2D eigenvalue weighted by molar-refractivity contribution is 1.09. The van der Waals surface area contributed by atoms with E-state index in [9.17, 15) is 0 Å². The number of allylic oxidation sites excluding steroid dienone is 1. The average molecular weight is 502 g/mol. The van der Waals surface area contributed by atoms with E-state index >= 15 is 0 Å². The summed E-state index contributed by atoms with van der Waals surface area (Å²) in [6, 6.07) is 45.0. The first-order valence-electron chi connectivity index (χ1n) is 13.2. The molecule has 186 valence electrons. The molecular weight excluding hydrogens is 474 g/mol. The zero-order valence-corrected chi connectivity index (χ0v) is 21.8. The van der Waals surface area contributed by atoms with Crippen molar-refractivity contribution in [2.75, 3.05) is 0 Å². The van der Waals surface area contributed by atoms with Gasteiger partial charge in [-0.1, -0.05) is 91.0 Å². The predicted octanol–water partition coefficient (Wildman–Crippen LogP) is 9.51. The molecule has 0 aliphatic carbocycles. The van der Waals surface area contributed by atoms with E-state index in [1.165, 1.54) is 21.8 Å². The van der Waals surface area contributed by atoms with Crippen LogP contribution in [-0.2, 0) is 0 Å². The first-order chi connectivity index (χ1) is 19.3. The SMILES string of the molecule is C=Nc1c(/C(=C\C)c2ccc3c4ccccc4n(-c4ccccc4)c3c2)n(-c2ccccc2)c2ccccc12. The second-order valence-corrected chi connectivity index (χ2v) is 9.67. The predicted molar refractivity (Wildman–Crippen MR) is 166 cm³/mol.